The molecule has 2 rings (SSSR count). The van der Waals surface area contributed by atoms with Gasteiger partial charge in [0.2, 0.25) is 5.91 Å². The summed E-state index contributed by atoms with van der Waals surface area (Å²) in [6, 6.07) is 6.47. The first-order chi connectivity index (χ1) is 9.67. The zero-order valence-electron chi connectivity index (χ0n) is 11.6. The summed E-state index contributed by atoms with van der Waals surface area (Å²) in [5, 5.41) is 0. The maximum Gasteiger partial charge on any atom is 0.227 e. The zero-order chi connectivity index (χ0) is 14.5. The second kappa shape index (κ2) is 6.51. The van der Waals surface area contributed by atoms with Crippen molar-refractivity contribution >= 4 is 5.91 Å². The van der Waals surface area contributed by atoms with Crippen molar-refractivity contribution in [2.45, 2.75) is 37.8 Å². The Morgan fingerprint density at radius 1 is 1.30 bits per heavy atom. The van der Waals surface area contributed by atoms with E-state index in [9.17, 15) is 9.18 Å². The SMILES string of the molecule is C=CCC(=O)N1[C@H](C=C)CCC[C@@H]1c1ccc(F)cc1. The number of halogens is 1. The van der Waals surface area contributed by atoms with Crippen LogP contribution in [-0.2, 0) is 4.79 Å². The number of hydrogen-bond donors (Lipinski definition) is 0. The minimum atomic E-state index is -0.256. The normalized spacial score (nSPS) is 22.4. The second-order valence-electron chi connectivity index (χ2n) is 5.10. The average Bonchev–Trinajstić information content (AvgIpc) is 2.47. The molecule has 0 radical (unpaired) electrons. The van der Waals surface area contributed by atoms with Crippen molar-refractivity contribution in [3.8, 4) is 0 Å². The molecule has 2 nitrogen and oxygen atoms in total. The van der Waals surface area contributed by atoms with Gasteiger partial charge in [-0.25, -0.2) is 4.39 Å². The van der Waals surface area contributed by atoms with Gasteiger partial charge in [-0.15, -0.1) is 13.2 Å². The Balaban J connectivity index is 2.31. The molecule has 0 N–H and O–H groups in total. The number of rotatable bonds is 4. The molecule has 0 unspecified atom stereocenters. The van der Waals surface area contributed by atoms with Gasteiger partial charge in [0.1, 0.15) is 5.82 Å². The van der Waals surface area contributed by atoms with Crippen LogP contribution < -0.4 is 0 Å². The number of piperidine rings is 1. The minimum absolute atomic E-state index is 0.000185. The van der Waals surface area contributed by atoms with Gasteiger partial charge in [0, 0.05) is 6.42 Å². The molecule has 0 aromatic heterocycles. The van der Waals surface area contributed by atoms with Crippen molar-refractivity contribution in [1.29, 1.82) is 0 Å². The van der Waals surface area contributed by atoms with E-state index in [0.717, 1.165) is 24.8 Å². The molecule has 1 aliphatic rings. The van der Waals surface area contributed by atoms with Gasteiger partial charge in [0.05, 0.1) is 12.1 Å². The van der Waals surface area contributed by atoms with E-state index < -0.39 is 0 Å². The molecule has 0 aliphatic carbocycles. The molecule has 1 heterocycles. The number of hydrogen-bond acceptors (Lipinski definition) is 1. The van der Waals surface area contributed by atoms with Gasteiger partial charge in [0.25, 0.3) is 0 Å². The van der Waals surface area contributed by atoms with Crippen molar-refractivity contribution in [2.24, 2.45) is 0 Å². The molecular weight excluding hydrogens is 253 g/mol. The van der Waals surface area contributed by atoms with Crippen LogP contribution in [0.3, 0.4) is 0 Å². The predicted molar refractivity (Wildman–Crippen MR) is 78.6 cm³/mol. The number of benzene rings is 1. The summed E-state index contributed by atoms with van der Waals surface area (Å²) in [4.78, 5) is 14.2. The van der Waals surface area contributed by atoms with Crippen LogP contribution in [0.2, 0.25) is 0 Å². The molecule has 0 bridgehead atoms. The van der Waals surface area contributed by atoms with Crippen molar-refractivity contribution in [3.63, 3.8) is 0 Å². The van der Waals surface area contributed by atoms with Crippen LogP contribution in [0.15, 0.2) is 49.6 Å². The number of nitrogens with zero attached hydrogens (tertiary/aromatic N) is 1. The third-order valence-electron chi connectivity index (χ3n) is 3.80. The van der Waals surface area contributed by atoms with Gasteiger partial charge in [-0.1, -0.05) is 24.3 Å². The highest BCUT2D eigenvalue weighted by molar-refractivity contribution is 5.78. The molecule has 1 aliphatic heterocycles. The number of carbonyl (C=O) groups excluding carboxylic acids is 1. The van der Waals surface area contributed by atoms with Crippen LogP contribution in [0, 0.1) is 5.82 Å². The molecule has 0 spiro atoms. The standard InChI is InChI=1S/C17H20FNO/c1-3-6-17(20)19-15(4-2)7-5-8-16(19)13-9-11-14(18)12-10-13/h3-4,9-12,15-16H,1-2,5-8H2/t15-,16-/m1/s1. The Bertz CT molecular complexity index is 494. The Kier molecular flexibility index (Phi) is 4.72. The van der Waals surface area contributed by atoms with Crippen molar-refractivity contribution in [2.75, 3.05) is 0 Å². The molecule has 1 amide bonds. The van der Waals surface area contributed by atoms with Crippen LogP contribution in [0.5, 0.6) is 0 Å². The van der Waals surface area contributed by atoms with E-state index in [1.807, 2.05) is 11.0 Å². The van der Waals surface area contributed by atoms with Crippen LogP contribution in [0.25, 0.3) is 0 Å². The molecule has 0 saturated carbocycles. The fourth-order valence-electron chi connectivity index (χ4n) is 2.86. The first-order valence-corrected chi connectivity index (χ1v) is 6.97. The van der Waals surface area contributed by atoms with Gasteiger partial charge < -0.3 is 4.90 Å². The van der Waals surface area contributed by atoms with E-state index >= 15 is 0 Å². The topological polar surface area (TPSA) is 20.3 Å². The highest BCUT2D eigenvalue weighted by Crippen LogP contribution is 2.35. The predicted octanol–water partition coefficient (Wildman–Crippen LogP) is 4.01. The molecule has 1 aromatic carbocycles. The largest absolute Gasteiger partial charge is 0.329 e. The summed E-state index contributed by atoms with van der Waals surface area (Å²) in [5.74, 6) is -0.201. The van der Waals surface area contributed by atoms with Gasteiger partial charge in [-0.05, 0) is 37.0 Å². The first-order valence-electron chi connectivity index (χ1n) is 6.97. The van der Waals surface area contributed by atoms with Crippen LogP contribution >= 0.6 is 0 Å². The maximum atomic E-state index is 13.1. The van der Waals surface area contributed by atoms with E-state index in [4.69, 9.17) is 0 Å². The molecule has 3 heteroatoms. The lowest BCUT2D eigenvalue weighted by Gasteiger charge is -2.41. The molecule has 2 atom stereocenters. The lowest BCUT2D eigenvalue weighted by Crippen LogP contribution is -2.44. The van der Waals surface area contributed by atoms with Gasteiger partial charge in [0.15, 0.2) is 0 Å². The smallest absolute Gasteiger partial charge is 0.227 e. The molecule has 20 heavy (non-hydrogen) atoms. The zero-order valence-corrected chi connectivity index (χ0v) is 11.6. The Hall–Kier alpha value is -1.90. The van der Waals surface area contributed by atoms with E-state index in [0.29, 0.717) is 6.42 Å². The third-order valence-corrected chi connectivity index (χ3v) is 3.80. The summed E-state index contributed by atoms with van der Waals surface area (Å²) in [5.41, 5.74) is 0.982. The Morgan fingerprint density at radius 3 is 2.60 bits per heavy atom. The third kappa shape index (κ3) is 2.98. The molecular formula is C17H20FNO. The van der Waals surface area contributed by atoms with Gasteiger partial charge >= 0.3 is 0 Å². The summed E-state index contributed by atoms with van der Waals surface area (Å²) in [6.07, 6.45) is 6.65. The van der Waals surface area contributed by atoms with E-state index in [1.165, 1.54) is 12.1 Å². The monoisotopic (exact) mass is 273 g/mol. The highest BCUT2D eigenvalue weighted by atomic mass is 19.1. The quantitative estimate of drug-likeness (QED) is 0.759. The van der Waals surface area contributed by atoms with Crippen molar-refractivity contribution in [3.05, 3.63) is 61.0 Å². The van der Waals surface area contributed by atoms with E-state index in [1.54, 1.807) is 18.2 Å². The second-order valence-corrected chi connectivity index (χ2v) is 5.10. The average molecular weight is 273 g/mol. The first kappa shape index (κ1) is 14.5. The van der Waals surface area contributed by atoms with E-state index in [-0.39, 0.29) is 23.8 Å². The molecule has 1 saturated heterocycles. The Labute approximate surface area is 119 Å². The summed E-state index contributed by atoms with van der Waals surface area (Å²) >= 11 is 0. The number of likely N-dealkylation sites (tertiary alicyclic amines) is 1. The van der Waals surface area contributed by atoms with Crippen molar-refractivity contribution in [1.82, 2.24) is 4.90 Å². The highest BCUT2D eigenvalue weighted by Gasteiger charge is 2.32. The maximum absolute atomic E-state index is 13.1. The summed E-state index contributed by atoms with van der Waals surface area (Å²) < 4.78 is 13.1. The fraction of sp³-hybridized carbons (Fsp3) is 0.353. The fourth-order valence-corrected chi connectivity index (χ4v) is 2.86. The van der Waals surface area contributed by atoms with Crippen LogP contribution in [-0.4, -0.2) is 16.8 Å². The lowest BCUT2D eigenvalue weighted by molar-refractivity contribution is -0.136. The lowest BCUT2D eigenvalue weighted by atomic mass is 9.90. The van der Waals surface area contributed by atoms with Crippen LogP contribution in [0.4, 0.5) is 4.39 Å². The van der Waals surface area contributed by atoms with Gasteiger partial charge in [-0.2, -0.15) is 0 Å². The van der Waals surface area contributed by atoms with Crippen molar-refractivity contribution < 1.29 is 9.18 Å². The summed E-state index contributed by atoms with van der Waals surface area (Å²) in [7, 11) is 0. The summed E-state index contributed by atoms with van der Waals surface area (Å²) in [6.45, 7) is 7.47. The number of carbonyl (C=O) groups is 1. The molecule has 1 aromatic rings. The molecule has 1 fully saturated rings. The minimum Gasteiger partial charge on any atom is -0.329 e. The van der Waals surface area contributed by atoms with E-state index in [2.05, 4.69) is 13.2 Å². The molecule has 106 valence electrons. The Morgan fingerprint density at radius 2 is 2.00 bits per heavy atom. The van der Waals surface area contributed by atoms with Gasteiger partial charge in [-0.3, -0.25) is 4.79 Å². The van der Waals surface area contributed by atoms with Crippen LogP contribution in [0.1, 0.15) is 37.3 Å². The number of amides is 1.